The fraction of sp³-hybridized carbons (Fsp3) is 0.348. The van der Waals surface area contributed by atoms with E-state index in [9.17, 15) is 14.4 Å². The van der Waals surface area contributed by atoms with Crippen molar-refractivity contribution in [1.29, 1.82) is 0 Å². The summed E-state index contributed by atoms with van der Waals surface area (Å²) in [5.41, 5.74) is 2.01. The summed E-state index contributed by atoms with van der Waals surface area (Å²) in [5, 5.41) is 8.42. The normalized spacial score (nSPS) is 13.0. The number of nitrogens with zero attached hydrogens (tertiary/aromatic N) is 1. The number of hydrogen-bond donors (Lipinski definition) is 3. The Bertz CT molecular complexity index is 980. The molecule has 2 aromatic rings. The van der Waals surface area contributed by atoms with Gasteiger partial charge in [0.2, 0.25) is 11.8 Å². The maximum atomic E-state index is 12.8. The van der Waals surface area contributed by atoms with Gasteiger partial charge in [0.1, 0.15) is 12.4 Å². The molecule has 3 amide bonds. The van der Waals surface area contributed by atoms with Gasteiger partial charge in [0, 0.05) is 29.4 Å². The second-order valence-electron chi connectivity index (χ2n) is 8.30. The first-order valence-corrected chi connectivity index (χ1v) is 10.1. The maximum Gasteiger partial charge on any atom is 0.251 e. The van der Waals surface area contributed by atoms with Gasteiger partial charge in [-0.05, 0) is 42.5 Å². The van der Waals surface area contributed by atoms with E-state index >= 15 is 0 Å². The lowest BCUT2D eigenvalue weighted by molar-refractivity contribution is -0.126. The van der Waals surface area contributed by atoms with Gasteiger partial charge in [-0.15, -0.1) is 0 Å². The molecule has 2 aromatic carbocycles. The molecule has 0 fully saturated rings. The van der Waals surface area contributed by atoms with Gasteiger partial charge in [0.15, 0.2) is 0 Å². The van der Waals surface area contributed by atoms with Crippen LogP contribution < -0.4 is 25.6 Å². The Labute approximate surface area is 182 Å². The summed E-state index contributed by atoms with van der Waals surface area (Å²) in [7, 11) is 1.56. The van der Waals surface area contributed by atoms with Crippen molar-refractivity contribution in [2.24, 2.45) is 5.41 Å². The fourth-order valence-electron chi connectivity index (χ4n) is 3.18. The van der Waals surface area contributed by atoms with Crippen LogP contribution in [0.4, 0.5) is 17.1 Å². The predicted molar refractivity (Wildman–Crippen MR) is 121 cm³/mol. The van der Waals surface area contributed by atoms with E-state index in [1.54, 1.807) is 42.3 Å². The van der Waals surface area contributed by atoms with Gasteiger partial charge in [-0.25, -0.2) is 0 Å². The fourth-order valence-corrected chi connectivity index (χ4v) is 3.18. The second-order valence-corrected chi connectivity index (χ2v) is 8.30. The molecule has 1 aliphatic rings. The standard InChI is InChI=1S/C23H28N4O4/c1-23(2,3)22(30)27-11-12-31-19-10-9-17(13-18(19)27)25-14-20(28)26-16-7-5-15(6-8-16)21(29)24-4/h5-10,13,25H,11-12,14H2,1-4H3,(H,24,29)(H,26,28). The highest BCUT2D eigenvalue weighted by atomic mass is 16.5. The Hall–Kier alpha value is -3.55. The lowest BCUT2D eigenvalue weighted by Crippen LogP contribution is -2.44. The molecule has 0 saturated heterocycles. The quantitative estimate of drug-likeness (QED) is 0.685. The second kappa shape index (κ2) is 9.07. The van der Waals surface area contributed by atoms with Gasteiger partial charge in [0.05, 0.1) is 18.8 Å². The summed E-state index contributed by atoms with van der Waals surface area (Å²) in [5.74, 6) is 0.251. The van der Waals surface area contributed by atoms with Crippen molar-refractivity contribution in [2.45, 2.75) is 20.8 Å². The molecular formula is C23H28N4O4. The Morgan fingerprint density at radius 2 is 1.71 bits per heavy atom. The molecule has 8 heteroatoms. The van der Waals surface area contributed by atoms with Gasteiger partial charge < -0.3 is 25.6 Å². The van der Waals surface area contributed by atoms with Crippen molar-refractivity contribution in [3.8, 4) is 5.75 Å². The summed E-state index contributed by atoms with van der Waals surface area (Å²) < 4.78 is 5.68. The minimum Gasteiger partial charge on any atom is -0.490 e. The highest BCUT2D eigenvalue weighted by Crippen LogP contribution is 2.36. The number of carbonyl (C=O) groups excluding carboxylic acids is 3. The molecule has 164 valence electrons. The van der Waals surface area contributed by atoms with Crippen molar-refractivity contribution in [3.63, 3.8) is 0 Å². The molecule has 0 spiro atoms. The maximum absolute atomic E-state index is 12.8. The van der Waals surface area contributed by atoms with Crippen molar-refractivity contribution in [1.82, 2.24) is 5.32 Å². The number of ether oxygens (including phenoxy) is 1. The molecule has 3 rings (SSSR count). The van der Waals surface area contributed by atoms with Crippen LogP contribution >= 0.6 is 0 Å². The van der Waals surface area contributed by atoms with Crippen molar-refractivity contribution in [2.75, 3.05) is 42.3 Å². The molecular weight excluding hydrogens is 396 g/mol. The molecule has 0 bridgehead atoms. The van der Waals surface area contributed by atoms with Crippen LogP contribution in [0.3, 0.4) is 0 Å². The third-order valence-electron chi connectivity index (χ3n) is 4.82. The Balaban J connectivity index is 1.64. The minimum absolute atomic E-state index is 0.0205. The van der Waals surface area contributed by atoms with E-state index in [4.69, 9.17) is 4.74 Å². The number of amides is 3. The van der Waals surface area contributed by atoms with Crippen LogP contribution in [0.1, 0.15) is 31.1 Å². The first-order valence-electron chi connectivity index (χ1n) is 10.1. The SMILES string of the molecule is CNC(=O)c1ccc(NC(=O)CNc2ccc3c(c2)N(C(=O)C(C)(C)C)CCO3)cc1. The molecule has 1 aliphatic heterocycles. The Morgan fingerprint density at radius 1 is 1.03 bits per heavy atom. The zero-order valence-corrected chi connectivity index (χ0v) is 18.2. The van der Waals surface area contributed by atoms with Gasteiger partial charge in [-0.1, -0.05) is 20.8 Å². The smallest absolute Gasteiger partial charge is 0.251 e. The number of carbonyl (C=O) groups is 3. The molecule has 0 radical (unpaired) electrons. The zero-order valence-electron chi connectivity index (χ0n) is 18.2. The molecule has 31 heavy (non-hydrogen) atoms. The molecule has 0 aromatic heterocycles. The highest BCUT2D eigenvalue weighted by molar-refractivity contribution is 5.99. The summed E-state index contributed by atoms with van der Waals surface area (Å²) in [6.07, 6.45) is 0. The molecule has 3 N–H and O–H groups in total. The van der Waals surface area contributed by atoms with Crippen LogP contribution in [-0.4, -0.2) is 44.5 Å². The molecule has 0 unspecified atom stereocenters. The van der Waals surface area contributed by atoms with Crippen LogP contribution in [0, 0.1) is 5.41 Å². The van der Waals surface area contributed by atoms with Crippen molar-refractivity contribution < 1.29 is 19.1 Å². The lowest BCUT2D eigenvalue weighted by Gasteiger charge is -2.34. The van der Waals surface area contributed by atoms with E-state index in [0.717, 1.165) is 0 Å². The van der Waals surface area contributed by atoms with Crippen LogP contribution in [0.25, 0.3) is 0 Å². The average molecular weight is 425 g/mol. The minimum atomic E-state index is -0.509. The number of hydrogen-bond acceptors (Lipinski definition) is 5. The predicted octanol–water partition coefficient (Wildman–Crippen LogP) is 2.87. The van der Waals surface area contributed by atoms with E-state index < -0.39 is 5.41 Å². The van der Waals surface area contributed by atoms with E-state index in [2.05, 4.69) is 16.0 Å². The van der Waals surface area contributed by atoms with E-state index in [1.165, 1.54) is 0 Å². The number of anilines is 3. The van der Waals surface area contributed by atoms with E-state index in [0.29, 0.717) is 41.5 Å². The van der Waals surface area contributed by atoms with Crippen LogP contribution in [-0.2, 0) is 9.59 Å². The third kappa shape index (κ3) is 5.33. The van der Waals surface area contributed by atoms with Gasteiger partial charge in [-0.2, -0.15) is 0 Å². The Kier molecular flexibility index (Phi) is 6.48. The number of rotatable bonds is 5. The summed E-state index contributed by atoms with van der Waals surface area (Å²) in [6, 6.07) is 12.1. The monoisotopic (exact) mass is 424 g/mol. The van der Waals surface area contributed by atoms with Crippen molar-refractivity contribution in [3.05, 3.63) is 48.0 Å². The lowest BCUT2D eigenvalue weighted by atomic mass is 9.94. The number of fused-ring (bicyclic) bond motifs is 1. The summed E-state index contributed by atoms with van der Waals surface area (Å²) in [4.78, 5) is 38.4. The largest absolute Gasteiger partial charge is 0.490 e. The summed E-state index contributed by atoms with van der Waals surface area (Å²) in [6.45, 7) is 6.64. The van der Waals surface area contributed by atoms with Crippen LogP contribution in [0.5, 0.6) is 5.75 Å². The first kappa shape index (κ1) is 22.1. The average Bonchev–Trinajstić information content (AvgIpc) is 2.76. The molecule has 1 heterocycles. The molecule has 0 saturated carbocycles. The molecule has 8 nitrogen and oxygen atoms in total. The molecule has 0 atom stereocenters. The number of nitrogens with one attached hydrogen (secondary N) is 3. The Morgan fingerprint density at radius 3 is 2.35 bits per heavy atom. The zero-order chi connectivity index (χ0) is 22.6. The van der Waals surface area contributed by atoms with Gasteiger partial charge in [-0.3, -0.25) is 14.4 Å². The topological polar surface area (TPSA) is 99.8 Å². The number of benzene rings is 2. The van der Waals surface area contributed by atoms with Crippen LogP contribution in [0.2, 0.25) is 0 Å². The van der Waals surface area contributed by atoms with Crippen LogP contribution in [0.15, 0.2) is 42.5 Å². The van der Waals surface area contributed by atoms with Gasteiger partial charge in [0.25, 0.3) is 5.91 Å². The third-order valence-corrected chi connectivity index (χ3v) is 4.82. The molecule has 0 aliphatic carbocycles. The van der Waals surface area contributed by atoms with E-state index in [1.807, 2.05) is 32.9 Å². The highest BCUT2D eigenvalue weighted by Gasteiger charge is 2.31. The van der Waals surface area contributed by atoms with Crippen molar-refractivity contribution >= 4 is 34.8 Å². The first-order chi connectivity index (χ1) is 14.7. The van der Waals surface area contributed by atoms with E-state index in [-0.39, 0.29) is 24.3 Å². The van der Waals surface area contributed by atoms with Gasteiger partial charge >= 0.3 is 0 Å². The summed E-state index contributed by atoms with van der Waals surface area (Å²) >= 11 is 0.